The zero-order valence-electron chi connectivity index (χ0n) is 22.9. The van der Waals surface area contributed by atoms with Crippen molar-refractivity contribution in [2.75, 3.05) is 0 Å². The molecule has 0 saturated heterocycles. The van der Waals surface area contributed by atoms with Gasteiger partial charge in [-0.1, -0.05) is 103 Å². The van der Waals surface area contributed by atoms with E-state index in [-0.39, 0.29) is 12.3 Å². The number of H-pyrrole nitrogens is 1. The minimum absolute atomic E-state index is 0.163. The van der Waals surface area contributed by atoms with E-state index in [1.165, 1.54) is 0 Å². The maximum absolute atomic E-state index is 14.0. The molecule has 204 valence electrons. The molecule has 5 aromatic carbocycles. The first-order chi connectivity index (χ1) is 19.9. The lowest BCUT2D eigenvalue weighted by atomic mass is 9.87. The summed E-state index contributed by atoms with van der Waals surface area (Å²) in [5.41, 5.74) is 2.39. The average molecular weight is 541 g/mol. The highest BCUT2D eigenvalue weighted by Crippen LogP contribution is 2.26. The van der Waals surface area contributed by atoms with Crippen LogP contribution in [0.15, 0.2) is 115 Å². The predicted octanol–water partition coefficient (Wildman–Crippen LogP) is 7.08. The minimum Gasteiger partial charge on any atom is -0.480 e. The molecule has 5 heteroatoms. The molecule has 0 bridgehead atoms. The summed E-state index contributed by atoms with van der Waals surface area (Å²) in [6.07, 6.45) is 2.98. The van der Waals surface area contributed by atoms with Gasteiger partial charge < -0.3 is 15.4 Å². The molecule has 0 aliphatic heterocycles. The van der Waals surface area contributed by atoms with Gasteiger partial charge in [-0.15, -0.1) is 0 Å². The fraction of sp³-hybridized carbons (Fsp3) is 0.167. The van der Waals surface area contributed by atoms with Crippen LogP contribution in [0.1, 0.15) is 23.6 Å². The van der Waals surface area contributed by atoms with E-state index in [4.69, 9.17) is 0 Å². The molecule has 5 nitrogen and oxygen atoms in total. The molecule has 0 spiro atoms. The Bertz CT molecular complexity index is 1810. The number of carbonyl (C=O) groups is 2. The number of nitrogens with one attached hydrogen (secondary N) is 2. The van der Waals surface area contributed by atoms with Crippen LogP contribution in [-0.2, 0) is 28.9 Å². The van der Waals surface area contributed by atoms with Crippen LogP contribution in [0, 0.1) is 5.92 Å². The molecule has 41 heavy (non-hydrogen) atoms. The van der Waals surface area contributed by atoms with E-state index in [9.17, 15) is 14.7 Å². The average Bonchev–Trinajstić information content (AvgIpc) is 3.39. The smallest absolute Gasteiger partial charge is 0.329 e. The molecule has 0 unspecified atom stereocenters. The van der Waals surface area contributed by atoms with E-state index in [1.807, 2.05) is 54.7 Å². The van der Waals surface area contributed by atoms with E-state index < -0.39 is 17.4 Å². The lowest BCUT2D eigenvalue weighted by Gasteiger charge is -2.29. The van der Waals surface area contributed by atoms with Crippen molar-refractivity contribution in [2.24, 2.45) is 5.92 Å². The molecule has 6 rings (SSSR count). The van der Waals surface area contributed by atoms with Gasteiger partial charge in [-0.05, 0) is 64.1 Å². The standard InChI is InChI=1S/C36H32N2O3/c1-36(35(40)41,22-31-23-37-33-13-7-6-12-32(31)33)38-34(39)30(20-24-14-16-26-8-2-4-10-28(26)18-24)21-25-15-17-27-9-3-5-11-29(27)19-25/h2-19,23,30,37H,20-22H2,1H3,(H,38,39)(H,40,41)/t36-/m1/s1. The number of fused-ring (bicyclic) bond motifs is 3. The Kier molecular flexibility index (Phi) is 7.02. The number of aliphatic carboxylic acids is 1. The zero-order chi connectivity index (χ0) is 28.4. The first-order valence-corrected chi connectivity index (χ1v) is 13.9. The highest BCUT2D eigenvalue weighted by atomic mass is 16.4. The molecule has 0 aliphatic rings. The second-order valence-electron chi connectivity index (χ2n) is 11.1. The molecule has 3 N–H and O–H groups in total. The summed E-state index contributed by atoms with van der Waals surface area (Å²) in [7, 11) is 0. The molecule has 1 atom stereocenters. The molecule has 6 aromatic rings. The number of amides is 1. The van der Waals surface area contributed by atoms with Gasteiger partial charge in [0.1, 0.15) is 5.54 Å². The van der Waals surface area contributed by atoms with Crippen LogP contribution in [-0.4, -0.2) is 27.5 Å². The summed E-state index contributed by atoms with van der Waals surface area (Å²) in [5.74, 6) is -1.79. The van der Waals surface area contributed by atoms with Crippen LogP contribution in [0.5, 0.6) is 0 Å². The van der Waals surface area contributed by atoms with Crippen LogP contribution in [0.25, 0.3) is 32.4 Å². The first-order valence-electron chi connectivity index (χ1n) is 13.9. The van der Waals surface area contributed by atoms with E-state index in [0.29, 0.717) is 12.8 Å². The largest absolute Gasteiger partial charge is 0.480 e. The third kappa shape index (κ3) is 5.57. The number of carboxylic acid groups (broad SMARTS) is 1. The van der Waals surface area contributed by atoms with E-state index in [2.05, 4.69) is 71.0 Å². The minimum atomic E-state index is -1.48. The molecule has 1 aromatic heterocycles. The molecule has 0 aliphatic carbocycles. The van der Waals surface area contributed by atoms with Crippen LogP contribution < -0.4 is 5.32 Å². The number of para-hydroxylation sites is 1. The topological polar surface area (TPSA) is 82.2 Å². The maximum atomic E-state index is 14.0. The number of hydrogen-bond acceptors (Lipinski definition) is 2. The molecule has 0 saturated carbocycles. The van der Waals surface area contributed by atoms with Gasteiger partial charge >= 0.3 is 5.97 Å². The van der Waals surface area contributed by atoms with Crippen LogP contribution in [0.3, 0.4) is 0 Å². The number of benzene rings is 5. The summed E-state index contributed by atoms with van der Waals surface area (Å²) in [6, 6.07) is 36.6. The van der Waals surface area contributed by atoms with Crippen molar-refractivity contribution in [1.29, 1.82) is 0 Å². The van der Waals surface area contributed by atoms with Crippen LogP contribution in [0.4, 0.5) is 0 Å². The molecular formula is C36H32N2O3. The Balaban J connectivity index is 1.31. The van der Waals surface area contributed by atoms with Crippen molar-refractivity contribution >= 4 is 44.3 Å². The van der Waals surface area contributed by atoms with Crippen LogP contribution in [0.2, 0.25) is 0 Å². The molecule has 0 radical (unpaired) electrons. The van der Waals surface area contributed by atoms with Gasteiger partial charge in [0, 0.05) is 29.4 Å². The SMILES string of the molecule is C[C@](Cc1c[nH]c2ccccc12)(NC(=O)C(Cc1ccc2ccccc2c1)Cc1ccc2ccccc2c1)C(=O)O. The highest BCUT2D eigenvalue weighted by molar-refractivity contribution is 5.90. The quantitative estimate of drug-likeness (QED) is 0.183. The Morgan fingerprint density at radius 3 is 1.88 bits per heavy atom. The second-order valence-corrected chi connectivity index (χ2v) is 11.1. The lowest BCUT2D eigenvalue weighted by Crippen LogP contribution is -2.55. The number of aromatic nitrogens is 1. The fourth-order valence-corrected chi connectivity index (χ4v) is 5.76. The highest BCUT2D eigenvalue weighted by Gasteiger charge is 2.37. The normalized spacial score (nSPS) is 13.0. The predicted molar refractivity (Wildman–Crippen MR) is 165 cm³/mol. The van der Waals surface area contributed by atoms with Gasteiger partial charge in [0.05, 0.1) is 0 Å². The van der Waals surface area contributed by atoms with Crippen molar-refractivity contribution in [3.8, 4) is 0 Å². The Labute approximate surface area is 238 Å². The third-order valence-electron chi connectivity index (χ3n) is 8.05. The van der Waals surface area contributed by atoms with Gasteiger partial charge in [0.25, 0.3) is 0 Å². The van der Waals surface area contributed by atoms with Gasteiger partial charge in [-0.25, -0.2) is 4.79 Å². The first kappa shape index (κ1) is 26.3. The summed E-state index contributed by atoms with van der Waals surface area (Å²) in [4.78, 5) is 29.8. The summed E-state index contributed by atoms with van der Waals surface area (Å²) in [5, 5.41) is 18.8. The number of aromatic amines is 1. The zero-order valence-corrected chi connectivity index (χ0v) is 22.9. The summed E-state index contributed by atoms with van der Waals surface area (Å²) >= 11 is 0. The van der Waals surface area contributed by atoms with Gasteiger partial charge in [0.15, 0.2) is 0 Å². The van der Waals surface area contributed by atoms with E-state index in [0.717, 1.165) is 49.1 Å². The number of hydrogen-bond donors (Lipinski definition) is 3. The van der Waals surface area contributed by atoms with Crippen molar-refractivity contribution < 1.29 is 14.7 Å². The van der Waals surface area contributed by atoms with E-state index >= 15 is 0 Å². The third-order valence-corrected chi connectivity index (χ3v) is 8.05. The fourth-order valence-electron chi connectivity index (χ4n) is 5.76. The Morgan fingerprint density at radius 2 is 1.29 bits per heavy atom. The van der Waals surface area contributed by atoms with Gasteiger partial charge in [-0.2, -0.15) is 0 Å². The van der Waals surface area contributed by atoms with Gasteiger partial charge in [-0.3, -0.25) is 4.79 Å². The number of carboxylic acids is 1. The molecule has 0 fully saturated rings. The number of rotatable bonds is 9. The number of carbonyl (C=O) groups excluding carboxylic acids is 1. The molecular weight excluding hydrogens is 508 g/mol. The monoisotopic (exact) mass is 540 g/mol. The second kappa shape index (κ2) is 10.9. The van der Waals surface area contributed by atoms with Crippen molar-refractivity contribution in [1.82, 2.24) is 10.3 Å². The van der Waals surface area contributed by atoms with E-state index in [1.54, 1.807) is 6.92 Å². The van der Waals surface area contributed by atoms with Gasteiger partial charge in [0.2, 0.25) is 5.91 Å². The van der Waals surface area contributed by atoms with Crippen molar-refractivity contribution in [3.05, 3.63) is 132 Å². The summed E-state index contributed by atoms with van der Waals surface area (Å²) < 4.78 is 0. The Hall–Kier alpha value is -4.90. The lowest BCUT2D eigenvalue weighted by molar-refractivity contribution is -0.147. The maximum Gasteiger partial charge on any atom is 0.329 e. The molecule has 1 heterocycles. The molecule has 1 amide bonds. The van der Waals surface area contributed by atoms with Crippen LogP contribution >= 0.6 is 0 Å². The summed E-state index contributed by atoms with van der Waals surface area (Å²) in [6.45, 7) is 1.60. The van der Waals surface area contributed by atoms with Crippen molar-refractivity contribution in [3.63, 3.8) is 0 Å². The van der Waals surface area contributed by atoms with Crippen molar-refractivity contribution in [2.45, 2.75) is 31.7 Å². The Morgan fingerprint density at radius 1 is 0.756 bits per heavy atom.